The fraction of sp³-hybridized carbons (Fsp3) is 0.188. The van der Waals surface area contributed by atoms with Gasteiger partial charge in [0, 0.05) is 16.1 Å². The van der Waals surface area contributed by atoms with Gasteiger partial charge in [0.1, 0.15) is 5.75 Å². The van der Waals surface area contributed by atoms with Crippen LogP contribution in [-0.2, 0) is 9.53 Å². The highest BCUT2D eigenvalue weighted by molar-refractivity contribution is 6.35. The van der Waals surface area contributed by atoms with Crippen LogP contribution < -0.4 is 9.47 Å². The number of rotatable bonds is 5. The van der Waals surface area contributed by atoms with E-state index in [2.05, 4.69) is 4.74 Å². The SMILES string of the molecule is COC(=O)[C@H](C)Oc1cc(Cl)ccc1Oc1ccc(Cl)cc1Cl. The zero-order valence-electron chi connectivity index (χ0n) is 12.3. The zero-order chi connectivity index (χ0) is 17.0. The normalized spacial score (nSPS) is 11.7. The molecule has 0 aromatic heterocycles. The summed E-state index contributed by atoms with van der Waals surface area (Å²) in [6.07, 6.45) is -0.818. The second-order valence-electron chi connectivity index (χ2n) is 4.55. The molecular weight excluding hydrogens is 363 g/mol. The second-order valence-corrected chi connectivity index (χ2v) is 5.83. The van der Waals surface area contributed by atoms with E-state index < -0.39 is 12.1 Å². The number of esters is 1. The summed E-state index contributed by atoms with van der Waals surface area (Å²) in [5, 5.41) is 1.28. The number of hydrogen-bond donors (Lipinski definition) is 0. The minimum Gasteiger partial charge on any atom is -0.475 e. The van der Waals surface area contributed by atoms with Crippen LogP contribution in [0.3, 0.4) is 0 Å². The van der Waals surface area contributed by atoms with Crippen molar-refractivity contribution in [3.63, 3.8) is 0 Å². The largest absolute Gasteiger partial charge is 0.475 e. The van der Waals surface area contributed by atoms with Gasteiger partial charge in [0.25, 0.3) is 0 Å². The smallest absolute Gasteiger partial charge is 0.346 e. The predicted octanol–water partition coefficient (Wildman–Crippen LogP) is 5.38. The van der Waals surface area contributed by atoms with Crippen LogP contribution in [-0.4, -0.2) is 19.2 Å². The van der Waals surface area contributed by atoms with E-state index in [1.54, 1.807) is 43.3 Å². The van der Waals surface area contributed by atoms with Crippen molar-refractivity contribution in [2.75, 3.05) is 7.11 Å². The Kier molecular flexibility index (Phi) is 5.99. The van der Waals surface area contributed by atoms with E-state index in [1.165, 1.54) is 7.11 Å². The van der Waals surface area contributed by atoms with Crippen LogP contribution in [0.15, 0.2) is 36.4 Å². The molecule has 2 rings (SSSR count). The van der Waals surface area contributed by atoms with Crippen LogP contribution in [0.2, 0.25) is 15.1 Å². The summed E-state index contributed by atoms with van der Waals surface area (Å²) in [5.41, 5.74) is 0. The molecule has 122 valence electrons. The first-order valence-electron chi connectivity index (χ1n) is 6.57. The molecule has 0 fully saturated rings. The lowest BCUT2D eigenvalue weighted by molar-refractivity contribution is -0.147. The van der Waals surface area contributed by atoms with Crippen LogP contribution in [0.4, 0.5) is 0 Å². The van der Waals surface area contributed by atoms with Gasteiger partial charge in [-0.1, -0.05) is 34.8 Å². The Balaban J connectivity index is 2.29. The van der Waals surface area contributed by atoms with Gasteiger partial charge in [-0.2, -0.15) is 0 Å². The fourth-order valence-corrected chi connectivity index (χ4v) is 2.35. The highest BCUT2D eigenvalue weighted by atomic mass is 35.5. The Morgan fingerprint density at radius 2 is 1.57 bits per heavy atom. The van der Waals surface area contributed by atoms with E-state index >= 15 is 0 Å². The zero-order valence-corrected chi connectivity index (χ0v) is 14.6. The van der Waals surface area contributed by atoms with Crippen LogP contribution in [0.5, 0.6) is 17.2 Å². The molecule has 23 heavy (non-hydrogen) atoms. The van der Waals surface area contributed by atoms with Crippen LogP contribution in [0, 0.1) is 0 Å². The lowest BCUT2D eigenvalue weighted by Crippen LogP contribution is -2.25. The number of ether oxygens (including phenoxy) is 3. The summed E-state index contributed by atoms with van der Waals surface area (Å²) in [6, 6.07) is 9.64. The maximum Gasteiger partial charge on any atom is 0.346 e. The Hall–Kier alpha value is -1.62. The maximum atomic E-state index is 11.5. The number of hydrogen-bond acceptors (Lipinski definition) is 4. The molecule has 1 atom stereocenters. The second kappa shape index (κ2) is 7.77. The monoisotopic (exact) mass is 374 g/mol. The molecule has 0 saturated carbocycles. The Morgan fingerprint density at radius 1 is 0.957 bits per heavy atom. The van der Waals surface area contributed by atoms with E-state index in [4.69, 9.17) is 44.3 Å². The average molecular weight is 376 g/mol. The minimum atomic E-state index is -0.818. The molecule has 0 spiro atoms. The number of halogens is 3. The standard InChI is InChI=1S/C16H13Cl3O4/c1-9(16(20)21-2)22-15-8-11(18)4-6-14(15)23-13-5-3-10(17)7-12(13)19/h3-9H,1-2H3/t9-/m0/s1. The van der Waals surface area contributed by atoms with E-state index in [9.17, 15) is 4.79 Å². The van der Waals surface area contributed by atoms with Gasteiger partial charge in [-0.05, 0) is 37.3 Å². The molecule has 2 aromatic carbocycles. The van der Waals surface area contributed by atoms with Crippen molar-refractivity contribution in [1.82, 2.24) is 0 Å². The molecule has 0 unspecified atom stereocenters. The number of carbonyl (C=O) groups is 1. The summed E-state index contributed by atoms with van der Waals surface area (Å²) < 4.78 is 15.9. The summed E-state index contributed by atoms with van der Waals surface area (Å²) >= 11 is 17.9. The molecule has 0 aliphatic heterocycles. The third-order valence-electron chi connectivity index (χ3n) is 2.86. The van der Waals surface area contributed by atoms with Crippen molar-refractivity contribution in [2.45, 2.75) is 13.0 Å². The van der Waals surface area contributed by atoms with Crippen molar-refractivity contribution in [2.24, 2.45) is 0 Å². The average Bonchev–Trinajstić information content (AvgIpc) is 2.51. The molecule has 0 heterocycles. The summed E-state index contributed by atoms with van der Waals surface area (Å²) in [7, 11) is 1.28. The number of methoxy groups -OCH3 is 1. The molecule has 0 aliphatic carbocycles. The van der Waals surface area contributed by atoms with Crippen LogP contribution in [0.25, 0.3) is 0 Å². The lowest BCUT2D eigenvalue weighted by Gasteiger charge is -2.16. The van der Waals surface area contributed by atoms with Gasteiger partial charge in [-0.3, -0.25) is 0 Å². The Morgan fingerprint density at radius 3 is 2.17 bits per heavy atom. The van der Waals surface area contributed by atoms with Gasteiger partial charge < -0.3 is 14.2 Å². The van der Waals surface area contributed by atoms with Crippen molar-refractivity contribution < 1.29 is 19.0 Å². The first-order chi connectivity index (χ1) is 10.9. The molecule has 4 nitrogen and oxygen atoms in total. The molecular formula is C16H13Cl3O4. The molecule has 7 heteroatoms. The molecule has 2 aromatic rings. The van der Waals surface area contributed by atoms with Crippen LogP contribution >= 0.6 is 34.8 Å². The Bertz CT molecular complexity index is 718. The first kappa shape index (κ1) is 17.7. The predicted molar refractivity (Wildman–Crippen MR) is 90.1 cm³/mol. The van der Waals surface area contributed by atoms with Gasteiger partial charge in [-0.15, -0.1) is 0 Å². The van der Waals surface area contributed by atoms with E-state index in [-0.39, 0.29) is 0 Å². The van der Waals surface area contributed by atoms with E-state index in [1.807, 2.05) is 0 Å². The van der Waals surface area contributed by atoms with Gasteiger partial charge >= 0.3 is 5.97 Å². The van der Waals surface area contributed by atoms with Crippen molar-refractivity contribution in [3.8, 4) is 17.2 Å². The van der Waals surface area contributed by atoms with Crippen molar-refractivity contribution in [3.05, 3.63) is 51.5 Å². The minimum absolute atomic E-state index is 0.293. The first-order valence-corrected chi connectivity index (χ1v) is 7.71. The highest BCUT2D eigenvalue weighted by Crippen LogP contribution is 2.38. The summed E-state index contributed by atoms with van der Waals surface area (Å²) in [4.78, 5) is 11.5. The highest BCUT2D eigenvalue weighted by Gasteiger charge is 2.18. The van der Waals surface area contributed by atoms with Gasteiger partial charge in [0.05, 0.1) is 12.1 Å². The van der Waals surface area contributed by atoms with Gasteiger partial charge in [0.15, 0.2) is 17.6 Å². The quantitative estimate of drug-likeness (QED) is 0.658. The third-order valence-corrected chi connectivity index (χ3v) is 3.62. The molecule has 0 radical (unpaired) electrons. The maximum absolute atomic E-state index is 11.5. The lowest BCUT2D eigenvalue weighted by atomic mass is 10.3. The van der Waals surface area contributed by atoms with E-state index in [0.29, 0.717) is 32.3 Å². The number of carbonyl (C=O) groups excluding carboxylic acids is 1. The molecule has 0 amide bonds. The van der Waals surface area contributed by atoms with Crippen molar-refractivity contribution >= 4 is 40.8 Å². The molecule has 0 saturated heterocycles. The molecule has 0 N–H and O–H groups in total. The fourth-order valence-electron chi connectivity index (χ4n) is 1.74. The molecule has 0 bridgehead atoms. The molecule has 0 aliphatic rings. The van der Waals surface area contributed by atoms with Crippen LogP contribution in [0.1, 0.15) is 6.92 Å². The van der Waals surface area contributed by atoms with Gasteiger partial charge in [-0.25, -0.2) is 4.79 Å². The topological polar surface area (TPSA) is 44.8 Å². The summed E-state index contributed by atoms with van der Waals surface area (Å²) in [5.74, 6) is 0.533. The third kappa shape index (κ3) is 4.67. The number of benzene rings is 2. The van der Waals surface area contributed by atoms with Crippen molar-refractivity contribution in [1.29, 1.82) is 0 Å². The Labute approximate surface area is 148 Å². The van der Waals surface area contributed by atoms with E-state index in [0.717, 1.165) is 0 Å². The summed E-state index contributed by atoms with van der Waals surface area (Å²) in [6.45, 7) is 1.56. The van der Waals surface area contributed by atoms with Gasteiger partial charge in [0.2, 0.25) is 0 Å².